The number of nitrogens with zero attached hydrogens (tertiary/aromatic N) is 2. The van der Waals surface area contributed by atoms with Crippen LogP contribution in [-0.4, -0.2) is 61.0 Å². The predicted octanol–water partition coefficient (Wildman–Crippen LogP) is 1.53. The number of carbonyl (C=O) groups is 1. The number of halogens is 2. The van der Waals surface area contributed by atoms with Gasteiger partial charge in [0.1, 0.15) is 0 Å². The highest BCUT2D eigenvalue weighted by molar-refractivity contribution is 5.85. The van der Waals surface area contributed by atoms with Crippen molar-refractivity contribution in [3.05, 3.63) is 0 Å². The molecule has 2 fully saturated rings. The Balaban J connectivity index is 0.00000162. The van der Waals surface area contributed by atoms with Crippen LogP contribution in [0.1, 0.15) is 32.6 Å². The smallest absolute Gasteiger partial charge is 0.236 e. The number of piperazine rings is 1. The summed E-state index contributed by atoms with van der Waals surface area (Å²) in [6, 6.07) is 0.499. The summed E-state index contributed by atoms with van der Waals surface area (Å²) in [6.07, 6.45) is 4.77. The van der Waals surface area contributed by atoms with Gasteiger partial charge < -0.3 is 10.2 Å². The Bertz CT molecular complexity index is 260. The fraction of sp³-hybridized carbons (Fsp3) is 0.923. The topological polar surface area (TPSA) is 35.6 Å². The second-order valence-electron chi connectivity index (χ2n) is 5.17. The Labute approximate surface area is 129 Å². The molecule has 1 N–H and O–H groups in total. The second-order valence-corrected chi connectivity index (χ2v) is 5.17. The molecular weight excluding hydrogens is 285 g/mol. The van der Waals surface area contributed by atoms with Crippen LogP contribution in [0.4, 0.5) is 0 Å². The van der Waals surface area contributed by atoms with E-state index >= 15 is 0 Å². The summed E-state index contributed by atoms with van der Waals surface area (Å²) in [5.74, 6) is 0.346. The van der Waals surface area contributed by atoms with E-state index in [4.69, 9.17) is 0 Å². The molecule has 2 saturated heterocycles. The Morgan fingerprint density at radius 3 is 2.47 bits per heavy atom. The van der Waals surface area contributed by atoms with Crippen molar-refractivity contribution >= 4 is 30.7 Å². The quantitative estimate of drug-likeness (QED) is 0.858. The number of hydrogen-bond donors (Lipinski definition) is 1. The van der Waals surface area contributed by atoms with Gasteiger partial charge in [-0.1, -0.05) is 6.92 Å². The lowest BCUT2D eigenvalue weighted by Crippen LogP contribution is -2.51. The molecule has 2 rings (SSSR count). The van der Waals surface area contributed by atoms with Crippen molar-refractivity contribution in [3.63, 3.8) is 0 Å². The zero-order chi connectivity index (χ0) is 12.1. The molecule has 2 aliphatic rings. The molecule has 0 aromatic carbocycles. The maximum atomic E-state index is 12.3. The number of likely N-dealkylation sites (tertiary alicyclic amines) is 1. The fourth-order valence-corrected chi connectivity index (χ4v) is 2.90. The van der Waals surface area contributed by atoms with Gasteiger partial charge >= 0.3 is 0 Å². The molecule has 1 amide bonds. The first-order valence-corrected chi connectivity index (χ1v) is 7.04. The van der Waals surface area contributed by atoms with E-state index in [1.807, 2.05) is 0 Å². The Morgan fingerprint density at radius 1 is 1.16 bits per heavy atom. The van der Waals surface area contributed by atoms with Gasteiger partial charge in [0, 0.05) is 38.8 Å². The largest absolute Gasteiger partial charge is 0.339 e. The highest BCUT2D eigenvalue weighted by Crippen LogP contribution is 2.19. The summed E-state index contributed by atoms with van der Waals surface area (Å²) in [6.45, 7) is 7.85. The van der Waals surface area contributed by atoms with Gasteiger partial charge in [0.05, 0.1) is 6.54 Å². The van der Waals surface area contributed by atoms with E-state index in [2.05, 4.69) is 22.0 Å². The molecule has 6 heteroatoms. The normalized spacial score (nSPS) is 24.3. The molecule has 0 aromatic rings. The minimum absolute atomic E-state index is 0. The highest BCUT2D eigenvalue weighted by atomic mass is 35.5. The van der Waals surface area contributed by atoms with Gasteiger partial charge in [-0.2, -0.15) is 0 Å². The van der Waals surface area contributed by atoms with Crippen molar-refractivity contribution in [3.8, 4) is 0 Å². The van der Waals surface area contributed by atoms with Gasteiger partial charge in [0.2, 0.25) is 5.91 Å². The van der Waals surface area contributed by atoms with Crippen LogP contribution in [-0.2, 0) is 4.79 Å². The molecule has 114 valence electrons. The summed E-state index contributed by atoms with van der Waals surface area (Å²) in [4.78, 5) is 16.7. The van der Waals surface area contributed by atoms with Gasteiger partial charge in [-0.15, -0.1) is 24.8 Å². The van der Waals surface area contributed by atoms with Crippen LogP contribution >= 0.6 is 24.8 Å². The lowest BCUT2D eigenvalue weighted by Gasteiger charge is -2.37. The first-order chi connectivity index (χ1) is 8.31. The number of piperidine rings is 1. The van der Waals surface area contributed by atoms with Crippen LogP contribution in [0.3, 0.4) is 0 Å². The van der Waals surface area contributed by atoms with Crippen LogP contribution in [0.2, 0.25) is 0 Å². The summed E-state index contributed by atoms with van der Waals surface area (Å²) < 4.78 is 0. The van der Waals surface area contributed by atoms with Crippen molar-refractivity contribution in [1.29, 1.82) is 0 Å². The molecule has 2 heterocycles. The third kappa shape index (κ3) is 5.46. The van der Waals surface area contributed by atoms with E-state index < -0.39 is 0 Å². The van der Waals surface area contributed by atoms with Crippen molar-refractivity contribution < 1.29 is 4.79 Å². The Hall–Kier alpha value is -0.0300. The maximum Gasteiger partial charge on any atom is 0.236 e. The highest BCUT2D eigenvalue weighted by Gasteiger charge is 2.26. The zero-order valence-corrected chi connectivity index (χ0v) is 13.4. The number of amides is 1. The van der Waals surface area contributed by atoms with Crippen molar-refractivity contribution in [1.82, 2.24) is 15.1 Å². The molecule has 0 spiro atoms. The average molecular weight is 312 g/mol. The fourth-order valence-electron chi connectivity index (χ4n) is 2.90. The average Bonchev–Trinajstić information content (AvgIpc) is 2.40. The van der Waals surface area contributed by atoms with Crippen LogP contribution < -0.4 is 5.32 Å². The minimum atomic E-state index is 0. The summed E-state index contributed by atoms with van der Waals surface area (Å²) >= 11 is 0. The third-order valence-electron chi connectivity index (χ3n) is 3.99. The van der Waals surface area contributed by atoms with Gasteiger partial charge in [-0.05, 0) is 25.7 Å². The van der Waals surface area contributed by atoms with Crippen LogP contribution in [0, 0.1) is 0 Å². The minimum Gasteiger partial charge on any atom is -0.339 e. The Morgan fingerprint density at radius 2 is 1.84 bits per heavy atom. The molecule has 2 aliphatic heterocycles. The molecule has 1 atom stereocenters. The maximum absolute atomic E-state index is 12.3. The van der Waals surface area contributed by atoms with E-state index in [0.717, 1.165) is 39.1 Å². The predicted molar refractivity (Wildman–Crippen MR) is 83.4 cm³/mol. The van der Waals surface area contributed by atoms with E-state index in [9.17, 15) is 4.79 Å². The number of rotatable bonds is 3. The van der Waals surface area contributed by atoms with E-state index in [1.165, 1.54) is 19.3 Å². The van der Waals surface area contributed by atoms with Crippen molar-refractivity contribution in [2.45, 2.75) is 38.6 Å². The summed E-state index contributed by atoms with van der Waals surface area (Å²) in [5, 5.41) is 3.32. The molecule has 0 radical (unpaired) electrons. The van der Waals surface area contributed by atoms with Crippen molar-refractivity contribution in [2.24, 2.45) is 0 Å². The summed E-state index contributed by atoms with van der Waals surface area (Å²) in [5.41, 5.74) is 0. The molecular formula is C13H27Cl2N3O. The first-order valence-electron chi connectivity index (χ1n) is 7.04. The first kappa shape index (κ1) is 19.0. The van der Waals surface area contributed by atoms with E-state index in [1.54, 1.807) is 0 Å². The van der Waals surface area contributed by atoms with Crippen LogP contribution in [0.15, 0.2) is 0 Å². The summed E-state index contributed by atoms with van der Waals surface area (Å²) in [7, 11) is 0. The molecule has 4 nitrogen and oxygen atoms in total. The SMILES string of the molecule is CCC1CCCCN1C(=O)CN1CCNCC1.Cl.Cl. The Kier molecular flexibility index (Phi) is 9.79. The van der Waals surface area contributed by atoms with Crippen molar-refractivity contribution in [2.75, 3.05) is 39.3 Å². The molecule has 0 bridgehead atoms. The second kappa shape index (κ2) is 9.81. The molecule has 0 aliphatic carbocycles. The molecule has 19 heavy (non-hydrogen) atoms. The number of nitrogens with one attached hydrogen (secondary N) is 1. The number of hydrogen-bond acceptors (Lipinski definition) is 3. The number of carbonyl (C=O) groups excluding carboxylic acids is 1. The lowest BCUT2D eigenvalue weighted by molar-refractivity contribution is -0.136. The third-order valence-corrected chi connectivity index (χ3v) is 3.99. The standard InChI is InChI=1S/C13H25N3O.2ClH/c1-2-12-5-3-4-8-16(12)13(17)11-15-9-6-14-7-10-15;;/h12,14H,2-11H2,1H3;2*1H. The monoisotopic (exact) mass is 311 g/mol. The van der Waals surface area contributed by atoms with E-state index in [-0.39, 0.29) is 24.8 Å². The van der Waals surface area contributed by atoms with Gasteiger partial charge in [-0.3, -0.25) is 9.69 Å². The molecule has 0 saturated carbocycles. The van der Waals surface area contributed by atoms with Crippen LogP contribution in [0.25, 0.3) is 0 Å². The zero-order valence-electron chi connectivity index (χ0n) is 11.8. The van der Waals surface area contributed by atoms with Gasteiger partial charge in [0.25, 0.3) is 0 Å². The lowest BCUT2D eigenvalue weighted by atomic mass is 10.00. The molecule has 0 aromatic heterocycles. The van der Waals surface area contributed by atoms with Gasteiger partial charge in [-0.25, -0.2) is 0 Å². The van der Waals surface area contributed by atoms with E-state index in [0.29, 0.717) is 18.5 Å². The van der Waals surface area contributed by atoms with Gasteiger partial charge in [0.15, 0.2) is 0 Å². The van der Waals surface area contributed by atoms with Crippen LogP contribution in [0.5, 0.6) is 0 Å². The molecule has 1 unspecified atom stereocenters.